The first kappa shape index (κ1) is 22.3. The Hall–Kier alpha value is -2.43. The fourth-order valence-corrected chi connectivity index (χ4v) is 5.78. The van der Waals surface area contributed by atoms with Gasteiger partial charge in [-0.05, 0) is 49.7 Å². The first-order valence-corrected chi connectivity index (χ1v) is 10.8. The predicted octanol–water partition coefficient (Wildman–Crippen LogP) is 4.75. The van der Waals surface area contributed by atoms with E-state index in [-0.39, 0.29) is 40.9 Å². The lowest BCUT2D eigenvalue weighted by Gasteiger charge is -2.56. The van der Waals surface area contributed by atoms with Gasteiger partial charge in [-0.3, -0.25) is 4.79 Å². The van der Waals surface area contributed by atoms with Gasteiger partial charge >= 0.3 is 11.9 Å². The zero-order valence-corrected chi connectivity index (χ0v) is 18.2. The van der Waals surface area contributed by atoms with E-state index < -0.39 is 6.10 Å². The van der Waals surface area contributed by atoms with Crippen molar-refractivity contribution in [2.24, 2.45) is 23.2 Å². The molecule has 0 amide bonds. The van der Waals surface area contributed by atoms with Crippen LogP contribution in [0.5, 0.6) is 0 Å². The van der Waals surface area contributed by atoms with E-state index in [2.05, 4.69) is 13.5 Å². The van der Waals surface area contributed by atoms with Gasteiger partial charge in [0.2, 0.25) is 0 Å². The largest absolute Gasteiger partial charge is 0.469 e. The maximum Gasteiger partial charge on any atom is 0.338 e. The molecule has 5 atom stereocenters. The number of rotatable bonds is 6. The van der Waals surface area contributed by atoms with E-state index in [1.54, 1.807) is 31.2 Å². The van der Waals surface area contributed by atoms with Gasteiger partial charge in [0.05, 0.1) is 18.6 Å². The fraction of sp³-hybridized carbons (Fsp3) is 0.560. The molecule has 5 unspecified atom stereocenters. The van der Waals surface area contributed by atoms with E-state index >= 15 is 0 Å². The lowest BCUT2D eigenvalue weighted by Crippen LogP contribution is -2.55. The number of esters is 2. The highest BCUT2D eigenvalue weighted by Crippen LogP contribution is 2.59. The van der Waals surface area contributed by atoms with Crippen LogP contribution < -0.4 is 0 Å². The molecule has 0 N–H and O–H groups in total. The summed E-state index contributed by atoms with van der Waals surface area (Å²) in [6.45, 7) is 8.09. The maximum absolute atomic E-state index is 12.8. The second-order valence-electron chi connectivity index (χ2n) is 9.02. The summed E-state index contributed by atoms with van der Waals surface area (Å²) in [5, 5.41) is 0. The highest BCUT2D eigenvalue weighted by atomic mass is 16.5. The first-order chi connectivity index (χ1) is 14.3. The summed E-state index contributed by atoms with van der Waals surface area (Å²) in [6.07, 6.45) is 3.81. The van der Waals surface area contributed by atoms with Crippen molar-refractivity contribution in [1.29, 1.82) is 0 Å². The van der Waals surface area contributed by atoms with Gasteiger partial charge in [0.15, 0.2) is 0 Å². The smallest absolute Gasteiger partial charge is 0.338 e. The average Bonchev–Trinajstić information content (AvgIpc) is 2.72. The number of benzene rings is 1. The summed E-state index contributed by atoms with van der Waals surface area (Å²) < 4.78 is 11.1. The van der Waals surface area contributed by atoms with Crippen LogP contribution in [-0.4, -0.2) is 30.9 Å². The van der Waals surface area contributed by atoms with Gasteiger partial charge in [-0.15, -0.1) is 0 Å². The Morgan fingerprint density at radius 2 is 1.90 bits per heavy atom. The van der Waals surface area contributed by atoms with Crippen molar-refractivity contribution >= 4 is 17.7 Å². The molecule has 2 fully saturated rings. The third kappa shape index (κ3) is 4.35. The Bertz CT molecular complexity index is 814. The van der Waals surface area contributed by atoms with Gasteiger partial charge in [0, 0.05) is 18.8 Å². The van der Waals surface area contributed by atoms with E-state index in [4.69, 9.17) is 9.47 Å². The third-order valence-electron chi connectivity index (χ3n) is 7.14. The van der Waals surface area contributed by atoms with Crippen LogP contribution in [0.2, 0.25) is 0 Å². The molecule has 0 heterocycles. The van der Waals surface area contributed by atoms with Crippen LogP contribution in [0.15, 0.2) is 42.5 Å². The van der Waals surface area contributed by atoms with Crippen LogP contribution in [-0.2, 0) is 19.1 Å². The van der Waals surface area contributed by atoms with Crippen LogP contribution in [0.1, 0.15) is 62.7 Å². The van der Waals surface area contributed by atoms with E-state index in [1.807, 2.05) is 6.07 Å². The average molecular weight is 413 g/mol. The molecule has 0 saturated heterocycles. The van der Waals surface area contributed by atoms with Crippen molar-refractivity contribution in [3.05, 3.63) is 48.0 Å². The van der Waals surface area contributed by atoms with Crippen LogP contribution in [0.3, 0.4) is 0 Å². The summed E-state index contributed by atoms with van der Waals surface area (Å²) in [5.74, 6) is -0.841. The molecule has 5 nitrogen and oxygen atoms in total. The molecule has 162 valence electrons. The molecule has 2 aliphatic carbocycles. The number of hydrogen-bond acceptors (Lipinski definition) is 5. The van der Waals surface area contributed by atoms with Crippen molar-refractivity contribution < 1.29 is 23.9 Å². The number of carbonyl (C=O) groups is 3. The molecule has 0 spiro atoms. The molecule has 0 aliphatic heterocycles. The number of Topliss-reactive ketones (excluding diaryl/α,β-unsaturated/α-hetero) is 1. The minimum atomic E-state index is -0.437. The van der Waals surface area contributed by atoms with E-state index in [0.717, 1.165) is 24.8 Å². The highest BCUT2D eigenvalue weighted by molar-refractivity contribution is 5.89. The molecule has 2 aliphatic rings. The highest BCUT2D eigenvalue weighted by Gasteiger charge is 2.57. The van der Waals surface area contributed by atoms with Crippen molar-refractivity contribution in [2.75, 3.05) is 7.11 Å². The molecule has 0 aromatic heterocycles. The SMILES string of the molecule is C=C1CC(OC(=O)c2ccccc2)C2C(C(=O)OC)CCCC2(C)C1CCC(C)=O. The second kappa shape index (κ2) is 9.15. The van der Waals surface area contributed by atoms with Crippen molar-refractivity contribution in [3.63, 3.8) is 0 Å². The topological polar surface area (TPSA) is 69.7 Å². The summed E-state index contributed by atoms with van der Waals surface area (Å²) in [6, 6.07) is 8.91. The fourth-order valence-electron chi connectivity index (χ4n) is 5.78. The van der Waals surface area contributed by atoms with E-state index in [1.165, 1.54) is 7.11 Å². The molecule has 0 bridgehead atoms. The van der Waals surface area contributed by atoms with Gasteiger partial charge < -0.3 is 14.3 Å². The van der Waals surface area contributed by atoms with E-state index in [9.17, 15) is 14.4 Å². The molecule has 0 radical (unpaired) electrons. The Labute approximate surface area is 178 Å². The number of carbonyl (C=O) groups excluding carboxylic acids is 3. The molecule has 30 heavy (non-hydrogen) atoms. The number of methoxy groups -OCH3 is 1. The van der Waals surface area contributed by atoms with Crippen LogP contribution in [0.25, 0.3) is 0 Å². The van der Waals surface area contributed by atoms with Crippen LogP contribution in [0, 0.1) is 23.2 Å². The van der Waals surface area contributed by atoms with E-state index in [0.29, 0.717) is 24.8 Å². The molecular formula is C25H32O5. The van der Waals surface area contributed by atoms with Crippen LogP contribution >= 0.6 is 0 Å². The Morgan fingerprint density at radius 1 is 1.20 bits per heavy atom. The normalized spacial score (nSPS) is 30.8. The molecular weight excluding hydrogens is 380 g/mol. The van der Waals surface area contributed by atoms with Crippen LogP contribution in [0.4, 0.5) is 0 Å². The second-order valence-corrected chi connectivity index (χ2v) is 9.02. The number of ketones is 1. The number of ether oxygens (including phenoxy) is 2. The standard InChI is InChI=1S/C25H32O5/c1-16-15-21(30-23(27)18-9-6-5-7-10-18)22-19(24(28)29-4)11-8-14-25(22,3)20(16)13-12-17(2)26/h5-7,9-10,19-22H,1,8,11-15H2,2-4H3. The quantitative estimate of drug-likeness (QED) is 0.498. The van der Waals surface area contributed by atoms with Crippen molar-refractivity contribution in [1.82, 2.24) is 0 Å². The molecule has 5 heteroatoms. The van der Waals surface area contributed by atoms with Crippen molar-refractivity contribution in [3.8, 4) is 0 Å². The summed E-state index contributed by atoms with van der Waals surface area (Å²) >= 11 is 0. The summed E-state index contributed by atoms with van der Waals surface area (Å²) in [4.78, 5) is 37.2. The minimum Gasteiger partial charge on any atom is -0.469 e. The monoisotopic (exact) mass is 412 g/mol. The lowest BCUT2D eigenvalue weighted by atomic mass is 9.49. The number of fused-ring (bicyclic) bond motifs is 1. The Balaban J connectivity index is 1.94. The molecule has 3 rings (SSSR count). The first-order valence-electron chi connectivity index (χ1n) is 10.8. The van der Waals surface area contributed by atoms with Crippen molar-refractivity contribution in [2.45, 2.75) is 58.5 Å². The van der Waals surface area contributed by atoms with Gasteiger partial charge in [-0.1, -0.05) is 43.7 Å². The predicted molar refractivity (Wildman–Crippen MR) is 114 cm³/mol. The Kier molecular flexibility index (Phi) is 6.79. The molecule has 1 aromatic rings. The zero-order chi connectivity index (χ0) is 21.9. The number of hydrogen-bond donors (Lipinski definition) is 0. The Morgan fingerprint density at radius 3 is 2.53 bits per heavy atom. The van der Waals surface area contributed by atoms with Gasteiger partial charge in [0.25, 0.3) is 0 Å². The lowest BCUT2D eigenvalue weighted by molar-refractivity contribution is -0.162. The maximum atomic E-state index is 12.8. The molecule has 2 saturated carbocycles. The van der Waals surface area contributed by atoms with Gasteiger partial charge in [0.1, 0.15) is 11.9 Å². The minimum absolute atomic E-state index is 0.116. The summed E-state index contributed by atoms with van der Waals surface area (Å²) in [5.41, 5.74) is 1.23. The molecule has 1 aromatic carbocycles. The zero-order valence-electron chi connectivity index (χ0n) is 18.2. The van der Waals surface area contributed by atoms with Gasteiger partial charge in [-0.2, -0.15) is 0 Å². The van der Waals surface area contributed by atoms with Gasteiger partial charge in [-0.25, -0.2) is 4.79 Å². The third-order valence-corrected chi connectivity index (χ3v) is 7.14. The summed E-state index contributed by atoms with van der Waals surface area (Å²) in [7, 11) is 1.41.